The molecule has 1 amide bonds. The van der Waals surface area contributed by atoms with Gasteiger partial charge in [-0.25, -0.2) is 0 Å². The first-order valence-electron chi connectivity index (χ1n) is 6.60. The van der Waals surface area contributed by atoms with Crippen molar-refractivity contribution in [2.45, 2.75) is 6.54 Å². The Morgan fingerprint density at radius 3 is 2.70 bits per heavy atom. The summed E-state index contributed by atoms with van der Waals surface area (Å²) < 4.78 is 5.67. The van der Waals surface area contributed by atoms with E-state index in [2.05, 4.69) is 0 Å². The molecule has 0 aliphatic carbocycles. The van der Waals surface area contributed by atoms with Crippen molar-refractivity contribution >= 4 is 11.6 Å². The normalized spacial score (nSPS) is 14.1. The summed E-state index contributed by atoms with van der Waals surface area (Å²) in [5.74, 6) is 0.798. The number of rotatable bonds is 1. The topological polar surface area (TPSA) is 55.6 Å². The van der Waals surface area contributed by atoms with Crippen LogP contribution >= 0.6 is 0 Å². The monoisotopic (exact) mass is 268 g/mol. The Morgan fingerprint density at radius 1 is 1.10 bits per heavy atom. The minimum absolute atomic E-state index is 0.0524. The number of anilines is 1. The first-order valence-corrected chi connectivity index (χ1v) is 6.60. The van der Waals surface area contributed by atoms with Crippen LogP contribution in [0.5, 0.6) is 5.75 Å². The number of amides is 1. The van der Waals surface area contributed by atoms with Gasteiger partial charge in [-0.15, -0.1) is 0 Å². The molecule has 0 saturated carbocycles. The second kappa shape index (κ2) is 5.25. The molecule has 0 saturated heterocycles. The number of ether oxygens (including phenoxy) is 1. The van der Waals surface area contributed by atoms with E-state index < -0.39 is 0 Å². The number of nitrogen functional groups attached to an aromatic ring is 1. The van der Waals surface area contributed by atoms with Crippen molar-refractivity contribution in [1.29, 1.82) is 0 Å². The number of carbonyl (C=O) groups is 1. The highest BCUT2D eigenvalue weighted by molar-refractivity contribution is 5.99. The lowest BCUT2D eigenvalue weighted by Crippen LogP contribution is -2.32. The average Bonchev–Trinajstić information content (AvgIpc) is 2.69. The van der Waals surface area contributed by atoms with E-state index in [0.29, 0.717) is 30.9 Å². The lowest BCUT2D eigenvalue weighted by atomic mass is 10.1. The van der Waals surface area contributed by atoms with Gasteiger partial charge in [0.15, 0.2) is 0 Å². The van der Waals surface area contributed by atoms with E-state index in [1.54, 1.807) is 17.0 Å². The molecule has 2 aromatic rings. The van der Waals surface area contributed by atoms with Crippen LogP contribution in [0.15, 0.2) is 48.5 Å². The summed E-state index contributed by atoms with van der Waals surface area (Å²) in [5, 5.41) is 0. The molecule has 20 heavy (non-hydrogen) atoms. The third kappa shape index (κ3) is 2.32. The molecule has 2 aromatic carbocycles. The van der Waals surface area contributed by atoms with Gasteiger partial charge in [0.2, 0.25) is 0 Å². The Balaban J connectivity index is 1.88. The molecule has 0 bridgehead atoms. The fourth-order valence-electron chi connectivity index (χ4n) is 2.36. The summed E-state index contributed by atoms with van der Waals surface area (Å²) in [6.45, 7) is 1.60. The lowest BCUT2D eigenvalue weighted by molar-refractivity contribution is 0.0734. The van der Waals surface area contributed by atoms with Gasteiger partial charge in [-0.05, 0) is 18.2 Å². The number of hydrogen-bond acceptors (Lipinski definition) is 3. The Hall–Kier alpha value is -2.49. The summed E-state index contributed by atoms with van der Waals surface area (Å²) in [6, 6.07) is 15.0. The number of carbonyl (C=O) groups excluding carboxylic acids is 1. The van der Waals surface area contributed by atoms with Crippen LogP contribution in [0.4, 0.5) is 5.69 Å². The van der Waals surface area contributed by atoms with E-state index in [-0.39, 0.29) is 5.91 Å². The zero-order chi connectivity index (χ0) is 13.9. The highest BCUT2D eigenvalue weighted by Crippen LogP contribution is 2.24. The Labute approximate surface area is 117 Å². The molecule has 1 aliphatic heterocycles. The standard InChI is InChI=1S/C16H16N2O2/c17-14-7-3-2-6-13(14)16(19)18-9-10-20-15-8-4-1-5-12(15)11-18/h1-8H,9-11,17H2. The maximum absolute atomic E-state index is 12.6. The summed E-state index contributed by atoms with van der Waals surface area (Å²) >= 11 is 0. The number of fused-ring (bicyclic) bond motifs is 1. The van der Waals surface area contributed by atoms with Crippen LogP contribution in [-0.2, 0) is 6.54 Å². The maximum atomic E-state index is 12.6. The molecule has 0 spiro atoms. The molecule has 0 radical (unpaired) electrons. The third-order valence-corrected chi connectivity index (χ3v) is 3.43. The zero-order valence-electron chi connectivity index (χ0n) is 11.1. The Morgan fingerprint density at radius 2 is 1.85 bits per heavy atom. The molecular weight excluding hydrogens is 252 g/mol. The SMILES string of the molecule is Nc1ccccc1C(=O)N1CCOc2ccccc2C1. The fraction of sp³-hybridized carbons (Fsp3) is 0.188. The van der Waals surface area contributed by atoms with Crippen LogP contribution in [0, 0.1) is 0 Å². The van der Waals surface area contributed by atoms with Crippen molar-refractivity contribution < 1.29 is 9.53 Å². The van der Waals surface area contributed by atoms with Gasteiger partial charge in [-0.3, -0.25) is 4.79 Å². The number of hydrogen-bond donors (Lipinski definition) is 1. The molecular formula is C16H16N2O2. The van der Waals surface area contributed by atoms with Gasteiger partial charge >= 0.3 is 0 Å². The van der Waals surface area contributed by atoms with E-state index in [0.717, 1.165) is 11.3 Å². The van der Waals surface area contributed by atoms with E-state index in [1.807, 2.05) is 36.4 Å². The molecule has 1 aliphatic rings. The van der Waals surface area contributed by atoms with Crippen LogP contribution in [0.3, 0.4) is 0 Å². The van der Waals surface area contributed by atoms with Crippen LogP contribution in [-0.4, -0.2) is 24.0 Å². The molecule has 1 heterocycles. The second-order valence-electron chi connectivity index (χ2n) is 4.77. The van der Waals surface area contributed by atoms with Crippen molar-refractivity contribution in [3.8, 4) is 5.75 Å². The number of nitrogens with zero attached hydrogens (tertiary/aromatic N) is 1. The number of nitrogens with two attached hydrogens (primary N) is 1. The lowest BCUT2D eigenvalue weighted by Gasteiger charge is -2.20. The zero-order valence-corrected chi connectivity index (χ0v) is 11.1. The maximum Gasteiger partial charge on any atom is 0.256 e. The summed E-state index contributed by atoms with van der Waals surface area (Å²) in [4.78, 5) is 14.3. The molecule has 3 rings (SSSR count). The first kappa shape index (κ1) is 12.5. The van der Waals surface area contributed by atoms with E-state index in [9.17, 15) is 4.79 Å². The predicted octanol–water partition coefficient (Wildman–Crippen LogP) is 2.30. The van der Waals surface area contributed by atoms with Crippen LogP contribution in [0.2, 0.25) is 0 Å². The van der Waals surface area contributed by atoms with Crippen molar-refractivity contribution in [3.05, 3.63) is 59.7 Å². The third-order valence-electron chi connectivity index (χ3n) is 3.43. The summed E-state index contributed by atoms with van der Waals surface area (Å²) in [6.07, 6.45) is 0. The van der Waals surface area contributed by atoms with Gasteiger partial charge in [0, 0.05) is 17.8 Å². The second-order valence-corrected chi connectivity index (χ2v) is 4.77. The van der Waals surface area contributed by atoms with Gasteiger partial charge in [0.1, 0.15) is 12.4 Å². The van der Waals surface area contributed by atoms with Gasteiger partial charge in [-0.1, -0.05) is 30.3 Å². The van der Waals surface area contributed by atoms with Crippen molar-refractivity contribution in [1.82, 2.24) is 4.90 Å². The van der Waals surface area contributed by atoms with Gasteiger partial charge in [0.25, 0.3) is 5.91 Å². The quantitative estimate of drug-likeness (QED) is 0.807. The molecule has 2 N–H and O–H groups in total. The number of para-hydroxylation sites is 2. The molecule has 4 nitrogen and oxygen atoms in total. The first-order chi connectivity index (χ1) is 9.75. The molecule has 4 heteroatoms. The molecule has 0 aromatic heterocycles. The highest BCUT2D eigenvalue weighted by Gasteiger charge is 2.21. The largest absolute Gasteiger partial charge is 0.491 e. The van der Waals surface area contributed by atoms with E-state index >= 15 is 0 Å². The molecule has 102 valence electrons. The predicted molar refractivity (Wildman–Crippen MR) is 77.5 cm³/mol. The summed E-state index contributed by atoms with van der Waals surface area (Å²) in [5.41, 5.74) is 7.96. The molecule has 0 atom stereocenters. The molecule has 0 unspecified atom stereocenters. The highest BCUT2D eigenvalue weighted by atomic mass is 16.5. The van der Waals surface area contributed by atoms with Gasteiger partial charge < -0.3 is 15.4 Å². The van der Waals surface area contributed by atoms with Crippen molar-refractivity contribution in [3.63, 3.8) is 0 Å². The summed E-state index contributed by atoms with van der Waals surface area (Å²) in [7, 11) is 0. The average molecular weight is 268 g/mol. The Bertz CT molecular complexity index is 640. The smallest absolute Gasteiger partial charge is 0.256 e. The van der Waals surface area contributed by atoms with Gasteiger partial charge in [0.05, 0.1) is 12.1 Å². The van der Waals surface area contributed by atoms with Crippen LogP contribution in [0.1, 0.15) is 15.9 Å². The van der Waals surface area contributed by atoms with Crippen LogP contribution < -0.4 is 10.5 Å². The Kier molecular flexibility index (Phi) is 3.29. The van der Waals surface area contributed by atoms with E-state index in [4.69, 9.17) is 10.5 Å². The molecule has 0 fully saturated rings. The van der Waals surface area contributed by atoms with Gasteiger partial charge in [-0.2, -0.15) is 0 Å². The van der Waals surface area contributed by atoms with Crippen molar-refractivity contribution in [2.24, 2.45) is 0 Å². The minimum Gasteiger partial charge on any atom is -0.491 e. The van der Waals surface area contributed by atoms with Crippen LogP contribution in [0.25, 0.3) is 0 Å². The van der Waals surface area contributed by atoms with E-state index in [1.165, 1.54) is 0 Å². The fourth-order valence-corrected chi connectivity index (χ4v) is 2.36. The minimum atomic E-state index is -0.0524. The van der Waals surface area contributed by atoms with Crippen molar-refractivity contribution in [2.75, 3.05) is 18.9 Å². The number of benzene rings is 2.